The van der Waals surface area contributed by atoms with Gasteiger partial charge in [0.15, 0.2) is 11.5 Å². The molecular formula is C23H39N3O3. The van der Waals surface area contributed by atoms with E-state index >= 15 is 0 Å². The van der Waals surface area contributed by atoms with E-state index in [0.717, 1.165) is 45.6 Å². The van der Waals surface area contributed by atoms with E-state index in [1.807, 2.05) is 25.2 Å². The molecular weight excluding hydrogens is 366 g/mol. The maximum absolute atomic E-state index is 12.9. The molecule has 0 N–H and O–H groups in total. The SMILES string of the molecule is CCN(CC)CCN(C)C(=O)c1ccc(OC)c(OC2CCN(C(C)C)CC2)c1. The third-order valence-corrected chi connectivity index (χ3v) is 5.90. The second-order valence-electron chi connectivity index (χ2n) is 8.07. The Bertz CT molecular complexity index is 638. The van der Waals surface area contributed by atoms with Crippen molar-refractivity contribution in [3.63, 3.8) is 0 Å². The van der Waals surface area contributed by atoms with Crippen LogP contribution in [-0.2, 0) is 0 Å². The molecule has 0 unspecified atom stereocenters. The van der Waals surface area contributed by atoms with Gasteiger partial charge >= 0.3 is 0 Å². The lowest BCUT2D eigenvalue weighted by molar-refractivity contribution is 0.0768. The molecule has 1 heterocycles. The first kappa shape index (κ1) is 23.5. The molecule has 164 valence electrons. The maximum Gasteiger partial charge on any atom is 0.253 e. The van der Waals surface area contributed by atoms with Gasteiger partial charge in [-0.15, -0.1) is 0 Å². The number of amides is 1. The second-order valence-corrected chi connectivity index (χ2v) is 8.07. The number of benzene rings is 1. The summed E-state index contributed by atoms with van der Waals surface area (Å²) in [5, 5.41) is 0. The highest BCUT2D eigenvalue weighted by Gasteiger charge is 2.24. The van der Waals surface area contributed by atoms with Gasteiger partial charge in [-0.3, -0.25) is 4.79 Å². The number of hydrogen-bond acceptors (Lipinski definition) is 5. The molecule has 0 aliphatic carbocycles. The van der Waals surface area contributed by atoms with Crippen LogP contribution in [-0.4, -0.2) is 86.2 Å². The fraction of sp³-hybridized carbons (Fsp3) is 0.696. The molecule has 29 heavy (non-hydrogen) atoms. The molecule has 0 bridgehead atoms. The summed E-state index contributed by atoms with van der Waals surface area (Å²) in [4.78, 5) is 19.5. The molecule has 1 aromatic carbocycles. The Kier molecular flexibility index (Phi) is 9.24. The summed E-state index contributed by atoms with van der Waals surface area (Å²) in [5.41, 5.74) is 0.641. The fourth-order valence-electron chi connectivity index (χ4n) is 3.74. The van der Waals surface area contributed by atoms with Crippen LogP contribution in [0, 0.1) is 0 Å². The zero-order chi connectivity index (χ0) is 21.4. The molecule has 2 rings (SSSR count). The molecule has 1 fully saturated rings. The Hall–Kier alpha value is -1.79. The van der Waals surface area contributed by atoms with Crippen LogP contribution in [0.2, 0.25) is 0 Å². The molecule has 6 heteroatoms. The maximum atomic E-state index is 12.9. The Morgan fingerprint density at radius 2 is 1.79 bits per heavy atom. The minimum absolute atomic E-state index is 0.0132. The van der Waals surface area contributed by atoms with E-state index in [4.69, 9.17) is 9.47 Å². The van der Waals surface area contributed by atoms with Crippen molar-refractivity contribution in [2.45, 2.75) is 52.7 Å². The van der Waals surface area contributed by atoms with E-state index in [0.29, 0.717) is 29.6 Å². The number of methoxy groups -OCH3 is 1. The third kappa shape index (κ3) is 6.61. The summed E-state index contributed by atoms with van der Waals surface area (Å²) >= 11 is 0. The zero-order valence-electron chi connectivity index (χ0n) is 19.1. The minimum Gasteiger partial charge on any atom is -0.493 e. The topological polar surface area (TPSA) is 45.3 Å². The van der Waals surface area contributed by atoms with Gasteiger partial charge in [0.25, 0.3) is 5.91 Å². The van der Waals surface area contributed by atoms with E-state index in [1.54, 1.807) is 12.0 Å². The lowest BCUT2D eigenvalue weighted by atomic mass is 10.1. The van der Waals surface area contributed by atoms with Crippen molar-refractivity contribution in [1.82, 2.24) is 14.7 Å². The average Bonchev–Trinajstić information content (AvgIpc) is 2.74. The molecule has 0 radical (unpaired) electrons. The Labute approximate surface area is 176 Å². The molecule has 1 aliphatic heterocycles. The van der Waals surface area contributed by atoms with Gasteiger partial charge in [0.05, 0.1) is 7.11 Å². The Morgan fingerprint density at radius 3 is 2.34 bits per heavy atom. The number of likely N-dealkylation sites (tertiary alicyclic amines) is 1. The molecule has 1 aliphatic rings. The van der Waals surface area contributed by atoms with Gasteiger partial charge < -0.3 is 24.2 Å². The second kappa shape index (κ2) is 11.4. The van der Waals surface area contributed by atoms with Gasteiger partial charge in [-0.2, -0.15) is 0 Å². The smallest absolute Gasteiger partial charge is 0.253 e. The predicted molar refractivity (Wildman–Crippen MR) is 118 cm³/mol. The lowest BCUT2D eigenvalue weighted by Gasteiger charge is -2.34. The zero-order valence-corrected chi connectivity index (χ0v) is 19.1. The number of rotatable bonds is 10. The van der Waals surface area contributed by atoms with Crippen LogP contribution in [0.25, 0.3) is 0 Å². The Morgan fingerprint density at radius 1 is 1.14 bits per heavy atom. The number of carbonyl (C=O) groups is 1. The van der Waals surface area contributed by atoms with Crippen LogP contribution in [0.15, 0.2) is 18.2 Å². The average molecular weight is 406 g/mol. The highest BCUT2D eigenvalue weighted by Crippen LogP contribution is 2.31. The number of piperidine rings is 1. The summed E-state index contributed by atoms with van der Waals surface area (Å²) in [6.07, 6.45) is 2.14. The summed E-state index contributed by atoms with van der Waals surface area (Å²) in [5.74, 6) is 1.36. The van der Waals surface area contributed by atoms with E-state index in [9.17, 15) is 4.79 Å². The number of hydrogen-bond donors (Lipinski definition) is 0. The summed E-state index contributed by atoms with van der Waals surface area (Å²) in [6, 6.07) is 6.07. The van der Waals surface area contributed by atoms with Crippen molar-refractivity contribution < 1.29 is 14.3 Å². The molecule has 6 nitrogen and oxygen atoms in total. The van der Waals surface area contributed by atoms with Crippen LogP contribution in [0.1, 0.15) is 50.9 Å². The number of likely N-dealkylation sites (N-methyl/N-ethyl adjacent to an activating group) is 2. The molecule has 1 aromatic rings. The number of ether oxygens (including phenoxy) is 2. The van der Waals surface area contributed by atoms with Gasteiger partial charge in [0.1, 0.15) is 6.10 Å². The van der Waals surface area contributed by atoms with Crippen molar-refractivity contribution in [3.05, 3.63) is 23.8 Å². The van der Waals surface area contributed by atoms with Gasteiger partial charge in [0, 0.05) is 44.8 Å². The van der Waals surface area contributed by atoms with Crippen molar-refractivity contribution in [2.24, 2.45) is 0 Å². The Balaban J connectivity index is 2.03. The van der Waals surface area contributed by atoms with E-state index in [2.05, 4.69) is 37.5 Å². The monoisotopic (exact) mass is 405 g/mol. The number of carbonyl (C=O) groups excluding carboxylic acids is 1. The van der Waals surface area contributed by atoms with Crippen LogP contribution >= 0.6 is 0 Å². The molecule has 0 saturated carbocycles. The quantitative estimate of drug-likeness (QED) is 0.597. The highest BCUT2D eigenvalue weighted by molar-refractivity contribution is 5.94. The minimum atomic E-state index is 0.0132. The first-order chi connectivity index (χ1) is 13.9. The summed E-state index contributed by atoms with van der Waals surface area (Å²) in [6.45, 7) is 14.4. The highest BCUT2D eigenvalue weighted by atomic mass is 16.5. The standard InChI is InChI=1S/C23H39N3O3/c1-7-25(8-2)16-15-24(5)23(27)19-9-10-21(28-6)22(17-19)29-20-11-13-26(14-12-20)18(3)4/h9-10,17-18,20H,7-8,11-16H2,1-6H3. The van der Waals surface area contributed by atoms with Gasteiger partial charge in [-0.1, -0.05) is 13.8 Å². The first-order valence-electron chi connectivity index (χ1n) is 11.0. The normalized spacial score (nSPS) is 15.7. The molecule has 1 saturated heterocycles. The first-order valence-corrected chi connectivity index (χ1v) is 11.0. The lowest BCUT2D eigenvalue weighted by Crippen LogP contribution is -2.41. The van der Waals surface area contributed by atoms with Crippen LogP contribution in [0.5, 0.6) is 11.5 Å². The van der Waals surface area contributed by atoms with Crippen molar-refractivity contribution in [2.75, 3.05) is 53.4 Å². The molecule has 1 amide bonds. The third-order valence-electron chi connectivity index (χ3n) is 5.90. The largest absolute Gasteiger partial charge is 0.493 e. The van der Waals surface area contributed by atoms with Crippen molar-refractivity contribution in [1.29, 1.82) is 0 Å². The van der Waals surface area contributed by atoms with E-state index < -0.39 is 0 Å². The predicted octanol–water partition coefficient (Wildman–Crippen LogP) is 3.36. The molecule has 0 spiro atoms. The van der Waals surface area contributed by atoms with Gasteiger partial charge in [-0.25, -0.2) is 0 Å². The van der Waals surface area contributed by atoms with Gasteiger partial charge in [-0.05, 0) is 58.0 Å². The van der Waals surface area contributed by atoms with E-state index in [1.165, 1.54) is 0 Å². The summed E-state index contributed by atoms with van der Waals surface area (Å²) < 4.78 is 11.8. The van der Waals surface area contributed by atoms with Crippen LogP contribution in [0.4, 0.5) is 0 Å². The van der Waals surface area contributed by atoms with Crippen LogP contribution < -0.4 is 9.47 Å². The van der Waals surface area contributed by atoms with Crippen molar-refractivity contribution >= 4 is 5.91 Å². The van der Waals surface area contributed by atoms with E-state index in [-0.39, 0.29) is 12.0 Å². The number of nitrogens with zero attached hydrogens (tertiary/aromatic N) is 3. The summed E-state index contributed by atoms with van der Waals surface area (Å²) in [7, 11) is 3.50. The van der Waals surface area contributed by atoms with Crippen LogP contribution in [0.3, 0.4) is 0 Å². The molecule has 0 aromatic heterocycles. The van der Waals surface area contributed by atoms with Gasteiger partial charge in [0.2, 0.25) is 0 Å². The molecule has 0 atom stereocenters. The fourth-order valence-corrected chi connectivity index (χ4v) is 3.74. The van der Waals surface area contributed by atoms with Crippen molar-refractivity contribution in [3.8, 4) is 11.5 Å².